The van der Waals surface area contributed by atoms with Crippen LogP contribution >= 0.6 is 11.3 Å². The van der Waals surface area contributed by atoms with Crippen molar-refractivity contribution < 1.29 is 9.53 Å². The number of carbonyl (C=O) groups excluding carboxylic acids is 1. The molecule has 7 heteroatoms. The van der Waals surface area contributed by atoms with Crippen LogP contribution in [-0.2, 0) is 4.79 Å². The van der Waals surface area contributed by atoms with Crippen molar-refractivity contribution >= 4 is 38.8 Å². The van der Waals surface area contributed by atoms with E-state index in [4.69, 9.17) is 9.72 Å². The zero-order valence-electron chi connectivity index (χ0n) is 18.5. The third-order valence-electron chi connectivity index (χ3n) is 5.93. The molecule has 0 bridgehead atoms. The molecule has 1 aliphatic rings. The van der Waals surface area contributed by atoms with E-state index in [0.717, 1.165) is 64.8 Å². The molecule has 0 spiro atoms. The van der Waals surface area contributed by atoms with Crippen molar-refractivity contribution in [1.29, 1.82) is 0 Å². The summed E-state index contributed by atoms with van der Waals surface area (Å²) in [5, 5.41) is 8.39. The molecule has 1 fully saturated rings. The largest absolute Gasteiger partial charge is 0.497 e. The molecular formula is C26H26N4O2S. The van der Waals surface area contributed by atoms with E-state index in [2.05, 4.69) is 32.6 Å². The molecule has 1 amide bonds. The van der Waals surface area contributed by atoms with E-state index in [1.54, 1.807) is 18.4 Å². The van der Waals surface area contributed by atoms with Crippen LogP contribution < -0.4 is 15.0 Å². The second-order valence-corrected chi connectivity index (χ2v) is 8.92. The SMILES string of the molecule is COc1cccc(-c2csc(N3CCN(CC(=O)Nc4cccc5ccccc45)CC3)n2)c1. The fourth-order valence-corrected chi connectivity index (χ4v) is 5.04. The molecule has 5 rings (SSSR count). The van der Waals surface area contributed by atoms with Crippen molar-refractivity contribution in [2.45, 2.75) is 0 Å². The Balaban J connectivity index is 1.17. The van der Waals surface area contributed by atoms with E-state index in [0.29, 0.717) is 6.54 Å². The summed E-state index contributed by atoms with van der Waals surface area (Å²) in [5.41, 5.74) is 2.89. The molecule has 4 aromatic rings. The standard InChI is InChI=1S/C26H26N4O2S/c1-32-21-9-4-8-20(16-21)24-18-33-26(28-24)30-14-12-29(13-15-30)17-25(31)27-23-11-5-7-19-6-2-3-10-22(19)23/h2-11,16,18H,12-15,17H2,1H3,(H,27,31). The summed E-state index contributed by atoms with van der Waals surface area (Å²) in [6, 6.07) is 22.1. The Hall–Kier alpha value is -3.42. The lowest BCUT2D eigenvalue weighted by Crippen LogP contribution is -2.48. The summed E-state index contributed by atoms with van der Waals surface area (Å²) < 4.78 is 5.33. The monoisotopic (exact) mass is 458 g/mol. The van der Waals surface area contributed by atoms with E-state index < -0.39 is 0 Å². The van der Waals surface area contributed by atoms with E-state index >= 15 is 0 Å². The second-order valence-electron chi connectivity index (χ2n) is 8.09. The van der Waals surface area contributed by atoms with Gasteiger partial charge in [-0.3, -0.25) is 9.69 Å². The van der Waals surface area contributed by atoms with Gasteiger partial charge in [0, 0.05) is 48.2 Å². The van der Waals surface area contributed by atoms with Crippen molar-refractivity contribution in [3.63, 3.8) is 0 Å². The van der Waals surface area contributed by atoms with Gasteiger partial charge in [0.2, 0.25) is 5.91 Å². The molecule has 0 radical (unpaired) electrons. The summed E-state index contributed by atoms with van der Waals surface area (Å²) in [6.45, 7) is 3.76. The molecule has 1 aromatic heterocycles. The summed E-state index contributed by atoms with van der Waals surface area (Å²) >= 11 is 1.66. The van der Waals surface area contributed by atoms with Crippen LogP contribution in [0.1, 0.15) is 0 Å². The molecule has 1 saturated heterocycles. The summed E-state index contributed by atoms with van der Waals surface area (Å²) in [5.74, 6) is 0.854. The Labute approximate surface area is 197 Å². The highest BCUT2D eigenvalue weighted by molar-refractivity contribution is 7.14. The van der Waals surface area contributed by atoms with Gasteiger partial charge in [0.25, 0.3) is 0 Å². The smallest absolute Gasteiger partial charge is 0.238 e. The second kappa shape index (κ2) is 9.60. The topological polar surface area (TPSA) is 57.7 Å². The first kappa shape index (κ1) is 21.4. The molecule has 33 heavy (non-hydrogen) atoms. The van der Waals surface area contributed by atoms with E-state index in [-0.39, 0.29) is 5.91 Å². The van der Waals surface area contributed by atoms with Crippen LogP contribution in [0.2, 0.25) is 0 Å². The Morgan fingerprint density at radius 2 is 1.82 bits per heavy atom. The van der Waals surface area contributed by atoms with Crippen LogP contribution in [0.4, 0.5) is 10.8 Å². The van der Waals surface area contributed by atoms with Crippen LogP contribution in [0.25, 0.3) is 22.0 Å². The number of fused-ring (bicyclic) bond motifs is 1. The third-order valence-corrected chi connectivity index (χ3v) is 6.83. The summed E-state index contributed by atoms with van der Waals surface area (Å²) in [6.07, 6.45) is 0. The van der Waals surface area contributed by atoms with Gasteiger partial charge in [0.15, 0.2) is 5.13 Å². The van der Waals surface area contributed by atoms with Gasteiger partial charge >= 0.3 is 0 Å². The van der Waals surface area contributed by atoms with Gasteiger partial charge in [0.1, 0.15) is 5.75 Å². The number of thiazole rings is 1. The van der Waals surface area contributed by atoms with Crippen molar-refractivity contribution in [3.05, 3.63) is 72.1 Å². The molecule has 3 aromatic carbocycles. The highest BCUT2D eigenvalue weighted by Crippen LogP contribution is 2.30. The zero-order valence-corrected chi connectivity index (χ0v) is 19.3. The number of amides is 1. The van der Waals surface area contributed by atoms with Gasteiger partial charge < -0.3 is 15.0 Å². The van der Waals surface area contributed by atoms with E-state index in [1.807, 2.05) is 54.6 Å². The lowest BCUT2D eigenvalue weighted by molar-refractivity contribution is -0.117. The Kier molecular flexibility index (Phi) is 6.24. The number of hydrogen-bond acceptors (Lipinski definition) is 6. The Morgan fingerprint density at radius 1 is 1.03 bits per heavy atom. The number of carbonyl (C=O) groups is 1. The Morgan fingerprint density at radius 3 is 2.67 bits per heavy atom. The zero-order chi connectivity index (χ0) is 22.6. The molecule has 0 atom stereocenters. The maximum absolute atomic E-state index is 12.7. The number of hydrogen-bond donors (Lipinski definition) is 1. The maximum atomic E-state index is 12.7. The minimum Gasteiger partial charge on any atom is -0.497 e. The maximum Gasteiger partial charge on any atom is 0.238 e. The van der Waals surface area contributed by atoms with E-state index in [1.165, 1.54) is 0 Å². The minimum atomic E-state index is 0.0226. The number of piperazine rings is 1. The van der Waals surface area contributed by atoms with Crippen molar-refractivity contribution in [2.75, 3.05) is 50.1 Å². The number of anilines is 2. The van der Waals surface area contributed by atoms with Crippen molar-refractivity contribution in [2.24, 2.45) is 0 Å². The fourth-order valence-electron chi connectivity index (χ4n) is 4.15. The quantitative estimate of drug-likeness (QED) is 0.453. The van der Waals surface area contributed by atoms with Gasteiger partial charge in [-0.15, -0.1) is 11.3 Å². The highest BCUT2D eigenvalue weighted by atomic mass is 32.1. The molecular weight excluding hydrogens is 432 g/mol. The van der Waals surface area contributed by atoms with Gasteiger partial charge in [-0.05, 0) is 23.6 Å². The van der Waals surface area contributed by atoms with E-state index in [9.17, 15) is 4.79 Å². The molecule has 168 valence electrons. The van der Waals surface area contributed by atoms with Crippen LogP contribution in [0.15, 0.2) is 72.1 Å². The van der Waals surface area contributed by atoms with Crippen LogP contribution in [0.3, 0.4) is 0 Å². The van der Waals surface area contributed by atoms with Crippen molar-refractivity contribution in [3.8, 4) is 17.0 Å². The Bertz CT molecular complexity index is 1260. The van der Waals surface area contributed by atoms with Gasteiger partial charge in [0.05, 0.1) is 19.3 Å². The molecule has 0 unspecified atom stereocenters. The third kappa shape index (κ3) is 4.84. The predicted molar refractivity (Wildman–Crippen MR) is 135 cm³/mol. The lowest BCUT2D eigenvalue weighted by Gasteiger charge is -2.34. The predicted octanol–water partition coefficient (Wildman–Crippen LogP) is 4.73. The molecule has 1 N–H and O–H groups in total. The number of nitrogens with zero attached hydrogens (tertiary/aromatic N) is 3. The molecule has 6 nitrogen and oxygen atoms in total. The summed E-state index contributed by atoms with van der Waals surface area (Å²) in [4.78, 5) is 22.0. The number of aromatic nitrogens is 1. The van der Waals surface area contributed by atoms with Gasteiger partial charge in [-0.1, -0.05) is 48.5 Å². The van der Waals surface area contributed by atoms with Crippen LogP contribution in [-0.4, -0.2) is 55.6 Å². The van der Waals surface area contributed by atoms with Crippen LogP contribution in [0, 0.1) is 0 Å². The number of rotatable bonds is 6. The molecule has 0 aliphatic carbocycles. The molecule has 1 aliphatic heterocycles. The van der Waals surface area contributed by atoms with Crippen molar-refractivity contribution in [1.82, 2.24) is 9.88 Å². The number of benzene rings is 3. The van der Waals surface area contributed by atoms with Crippen LogP contribution in [0.5, 0.6) is 5.75 Å². The first-order valence-electron chi connectivity index (χ1n) is 11.0. The first-order chi connectivity index (χ1) is 16.2. The molecule has 2 heterocycles. The number of nitrogens with one attached hydrogen (secondary N) is 1. The minimum absolute atomic E-state index is 0.0226. The molecule has 0 saturated carbocycles. The fraction of sp³-hybridized carbons (Fsp3) is 0.231. The van der Waals surface area contributed by atoms with Gasteiger partial charge in [-0.2, -0.15) is 0 Å². The average Bonchev–Trinajstić information content (AvgIpc) is 3.35. The van der Waals surface area contributed by atoms with Gasteiger partial charge in [-0.25, -0.2) is 4.98 Å². The lowest BCUT2D eigenvalue weighted by atomic mass is 10.1. The summed E-state index contributed by atoms with van der Waals surface area (Å²) in [7, 11) is 1.67. The highest BCUT2D eigenvalue weighted by Gasteiger charge is 2.21. The average molecular weight is 459 g/mol. The first-order valence-corrected chi connectivity index (χ1v) is 11.9. The number of ether oxygens (including phenoxy) is 1. The normalized spacial score (nSPS) is 14.4. The number of methoxy groups -OCH3 is 1.